The van der Waals surface area contributed by atoms with Crippen LogP contribution < -0.4 is 0 Å². The second-order valence-corrected chi connectivity index (χ2v) is 10.1. The van der Waals surface area contributed by atoms with Gasteiger partial charge in [-0.25, -0.2) is 4.79 Å². The minimum atomic E-state index is -3.57. The lowest BCUT2D eigenvalue weighted by molar-refractivity contribution is -0.199. The second-order valence-electron chi connectivity index (χ2n) is 10.1. The summed E-state index contributed by atoms with van der Waals surface area (Å²) in [4.78, 5) is 13.7. The zero-order chi connectivity index (χ0) is 21.6. The summed E-state index contributed by atoms with van der Waals surface area (Å²) in [7, 11) is 1.57. The summed E-state index contributed by atoms with van der Waals surface area (Å²) < 4.78 is 34.3. The van der Waals surface area contributed by atoms with Crippen molar-refractivity contribution in [2.45, 2.75) is 56.6 Å². The molecular formula is C24H31F2NO3. The topological polar surface area (TPSA) is 49.8 Å². The average molecular weight is 420 g/mol. The monoisotopic (exact) mass is 419 g/mol. The zero-order valence-electron chi connectivity index (χ0n) is 17.6. The Morgan fingerprint density at radius 2 is 1.90 bits per heavy atom. The molecule has 4 bridgehead atoms. The van der Waals surface area contributed by atoms with Crippen LogP contribution in [0.3, 0.4) is 0 Å². The molecule has 0 heterocycles. The van der Waals surface area contributed by atoms with Crippen molar-refractivity contribution in [2.24, 2.45) is 17.3 Å². The number of carbonyl (C=O) groups excluding carboxylic acids is 1. The summed E-state index contributed by atoms with van der Waals surface area (Å²) in [6, 6.07) is 7.48. The number of benzene rings is 1. The third kappa shape index (κ3) is 4.45. The summed E-state index contributed by atoms with van der Waals surface area (Å²) in [5.74, 6) is -4.18. The number of carbonyl (C=O) groups is 1. The Balaban J connectivity index is 1.31. The third-order valence-electron chi connectivity index (χ3n) is 7.10. The van der Waals surface area contributed by atoms with E-state index in [1.165, 1.54) is 4.90 Å². The Morgan fingerprint density at radius 1 is 1.27 bits per heavy atom. The fourth-order valence-corrected chi connectivity index (χ4v) is 6.43. The molecule has 1 N–H and O–H groups in total. The number of hydrogen-bond acceptors (Lipinski definition) is 4. The number of rotatable bonds is 8. The molecule has 5 rings (SSSR count). The fraction of sp³-hybridized carbons (Fsp3) is 0.625. The van der Waals surface area contributed by atoms with E-state index in [2.05, 4.69) is 6.58 Å². The molecule has 2 atom stereocenters. The first-order valence-corrected chi connectivity index (χ1v) is 10.8. The van der Waals surface area contributed by atoms with E-state index in [0.717, 1.165) is 43.2 Å². The fourth-order valence-electron chi connectivity index (χ4n) is 6.43. The minimum absolute atomic E-state index is 0.0105. The molecule has 1 aromatic rings. The molecule has 4 nitrogen and oxygen atoms in total. The molecule has 1 aromatic carbocycles. The van der Waals surface area contributed by atoms with E-state index < -0.39 is 24.0 Å². The van der Waals surface area contributed by atoms with E-state index in [-0.39, 0.29) is 12.0 Å². The first kappa shape index (κ1) is 21.4. The molecule has 0 aromatic heterocycles. The van der Waals surface area contributed by atoms with Gasteiger partial charge in [0.25, 0.3) is 0 Å². The van der Waals surface area contributed by atoms with Crippen molar-refractivity contribution in [1.29, 1.82) is 0 Å². The van der Waals surface area contributed by atoms with Crippen molar-refractivity contribution < 1.29 is 23.4 Å². The maximum absolute atomic E-state index is 14.5. The highest BCUT2D eigenvalue weighted by molar-refractivity contribution is 5.77. The lowest BCUT2D eigenvalue weighted by atomic mass is 9.48. The van der Waals surface area contributed by atoms with Gasteiger partial charge in [-0.2, -0.15) is 8.78 Å². The maximum atomic E-state index is 14.5. The normalized spacial score (nSPS) is 32.4. The summed E-state index contributed by atoms with van der Waals surface area (Å²) >= 11 is 0. The number of alkyl halides is 2. The Hall–Kier alpha value is -1.79. The molecule has 4 fully saturated rings. The predicted molar refractivity (Wildman–Crippen MR) is 111 cm³/mol. The first-order valence-electron chi connectivity index (χ1n) is 10.8. The highest BCUT2D eigenvalue weighted by Crippen LogP contribution is 2.61. The van der Waals surface area contributed by atoms with E-state index in [9.17, 15) is 18.7 Å². The van der Waals surface area contributed by atoms with Crippen LogP contribution >= 0.6 is 0 Å². The predicted octanol–water partition coefficient (Wildman–Crippen LogP) is 4.27. The molecule has 0 amide bonds. The van der Waals surface area contributed by atoms with Gasteiger partial charge in [-0.3, -0.25) is 4.90 Å². The van der Waals surface area contributed by atoms with Crippen molar-refractivity contribution in [1.82, 2.24) is 4.90 Å². The molecule has 30 heavy (non-hydrogen) atoms. The van der Waals surface area contributed by atoms with Crippen molar-refractivity contribution in [3.63, 3.8) is 0 Å². The Bertz CT molecular complexity index is 793. The molecule has 2 unspecified atom stereocenters. The maximum Gasteiger partial charge on any atom is 0.378 e. The average Bonchev–Trinajstić information content (AvgIpc) is 2.64. The highest BCUT2D eigenvalue weighted by atomic mass is 19.3. The largest absolute Gasteiger partial charge is 0.461 e. The molecule has 4 saturated carbocycles. The van der Waals surface area contributed by atoms with Gasteiger partial charge in [0.1, 0.15) is 0 Å². The number of esters is 1. The first-order chi connectivity index (χ1) is 14.1. The standard InChI is InChI=1S/C24H31F2NO3/c1-3-17-4-6-18(7-5-17)13-27(2)15-24(25,26)21(28)30-16-22-9-19-8-20(10-22)12-23(29,11-19)14-22/h3-7,19-20,29H,1,8-16H2,2H3. The molecule has 4 aliphatic rings. The van der Waals surface area contributed by atoms with E-state index >= 15 is 0 Å². The molecular weight excluding hydrogens is 388 g/mol. The van der Waals surface area contributed by atoms with Crippen LogP contribution in [0.15, 0.2) is 30.8 Å². The quantitative estimate of drug-likeness (QED) is 0.640. The van der Waals surface area contributed by atoms with Gasteiger partial charge in [0, 0.05) is 12.0 Å². The van der Waals surface area contributed by atoms with Crippen LogP contribution in [0, 0.1) is 17.3 Å². The van der Waals surface area contributed by atoms with Gasteiger partial charge in [0.2, 0.25) is 0 Å². The van der Waals surface area contributed by atoms with Crippen LogP contribution in [0.2, 0.25) is 0 Å². The van der Waals surface area contributed by atoms with Crippen LogP contribution in [0.4, 0.5) is 8.78 Å². The molecule has 0 spiro atoms. The summed E-state index contributed by atoms with van der Waals surface area (Å²) in [5.41, 5.74) is 0.822. The Kier molecular flexibility index (Phi) is 5.52. The summed E-state index contributed by atoms with van der Waals surface area (Å²) in [6.45, 7) is 3.29. The van der Waals surface area contributed by atoms with E-state index in [0.29, 0.717) is 24.8 Å². The van der Waals surface area contributed by atoms with Crippen molar-refractivity contribution in [2.75, 3.05) is 20.2 Å². The molecule has 164 valence electrons. The van der Waals surface area contributed by atoms with Crippen molar-refractivity contribution >= 4 is 12.0 Å². The van der Waals surface area contributed by atoms with Gasteiger partial charge in [-0.05, 0) is 68.5 Å². The number of hydrogen-bond donors (Lipinski definition) is 1. The molecule has 6 heteroatoms. The van der Waals surface area contributed by atoms with Gasteiger partial charge in [-0.15, -0.1) is 0 Å². The van der Waals surface area contributed by atoms with Crippen LogP contribution in [0.5, 0.6) is 0 Å². The van der Waals surface area contributed by atoms with Crippen LogP contribution in [0.25, 0.3) is 6.08 Å². The Morgan fingerprint density at radius 3 is 2.47 bits per heavy atom. The molecule has 0 radical (unpaired) electrons. The SMILES string of the molecule is C=Cc1ccc(CN(C)CC(F)(F)C(=O)OCC23CC4CC(CC(O)(C4)C2)C3)cc1. The number of aliphatic hydroxyl groups is 1. The third-order valence-corrected chi connectivity index (χ3v) is 7.10. The van der Waals surface area contributed by atoms with Crippen LogP contribution in [-0.4, -0.2) is 47.7 Å². The lowest BCUT2D eigenvalue weighted by Gasteiger charge is -2.59. The van der Waals surface area contributed by atoms with Gasteiger partial charge < -0.3 is 9.84 Å². The van der Waals surface area contributed by atoms with Crippen LogP contribution in [0.1, 0.15) is 49.7 Å². The van der Waals surface area contributed by atoms with Gasteiger partial charge in [-0.1, -0.05) is 36.9 Å². The van der Waals surface area contributed by atoms with E-state index in [4.69, 9.17) is 4.74 Å². The summed E-state index contributed by atoms with van der Waals surface area (Å²) in [5, 5.41) is 10.8. The zero-order valence-corrected chi connectivity index (χ0v) is 17.6. The van der Waals surface area contributed by atoms with E-state index in [1.807, 2.05) is 24.3 Å². The molecule has 0 aliphatic heterocycles. The van der Waals surface area contributed by atoms with Crippen molar-refractivity contribution in [3.8, 4) is 0 Å². The van der Waals surface area contributed by atoms with Gasteiger partial charge >= 0.3 is 11.9 Å². The van der Waals surface area contributed by atoms with Crippen molar-refractivity contribution in [3.05, 3.63) is 42.0 Å². The molecule has 0 saturated heterocycles. The highest BCUT2D eigenvalue weighted by Gasteiger charge is 2.58. The second kappa shape index (κ2) is 7.72. The number of nitrogens with zero attached hydrogens (tertiary/aromatic N) is 1. The molecule has 4 aliphatic carbocycles. The number of ether oxygens (including phenoxy) is 1. The van der Waals surface area contributed by atoms with Gasteiger partial charge in [0.05, 0.1) is 18.8 Å². The smallest absolute Gasteiger partial charge is 0.378 e. The van der Waals surface area contributed by atoms with Gasteiger partial charge in [0.15, 0.2) is 0 Å². The summed E-state index contributed by atoms with van der Waals surface area (Å²) in [6.07, 6.45) is 6.72. The van der Waals surface area contributed by atoms with E-state index in [1.54, 1.807) is 13.1 Å². The minimum Gasteiger partial charge on any atom is -0.461 e. The Labute approximate surface area is 176 Å². The number of halogens is 2. The lowest BCUT2D eigenvalue weighted by Crippen LogP contribution is -2.57. The van der Waals surface area contributed by atoms with Crippen LogP contribution in [-0.2, 0) is 16.1 Å².